The summed E-state index contributed by atoms with van der Waals surface area (Å²) in [6.45, 7) is 7.64. The number of carbonyl (C=O) groups is 2. The highest BCUT2D eigenvalue weighted by Gasteiger charge is 2.21. The molecule has 1 saturated heterocycles. The number of benzene rings is 2. The van der Waals surface area contributed by atoms with Crippen LogP contribution in [0.4, 0.5) is 10.1 Å². The van der Waals surface area contributed by atoms with Crippen LogP contribution in [0.3, 0.4) is 0 Å². The molecule has 6 nitrogen and oxygen atoms in total. The van der Waals surface area contributed by atoms with Crippen LogP contribution in [-0.4, -0.2) is 49.1 Å². The van der Waals surface area contributed by atoms with Crippen LogP contribution in [0, 0.1) is 26.6 Å². The van der Waals surface area contributed by atoms with E-state index in [4.69, 9.17) is 4.74 Å². The molecule has 1 aliphatic rings. The summed E-state index contributed by atoms with van der Waals surface area (Å²) in [6.07, 6.45) is 2.01. The molecule has 2 amide bonds. The summed E-state index contributed by atoms with van der Waals surface area (Å²) in [6, 6.07) is 10.4. The summed E-state index contributed by atoms with van der Waals surface area (Å²) < 4.78 is 19.3. The van der Waals surface area contributed by atoms with Crippen molar-refractivity contribution in [2.24, 2.45) is 0 Å². The molecule has 2 aromatic rings. The van der Waals surface area contributed by atoms with Crippen LogP contribution in [0.2, 0.25) is 0 Å². The molecule has 0 radical (unpaired) electrons. The van der Waals surface area contributed by atoms with Crippen LogP contribution in [0.25, 0.3) is 0 Å². The first-order valence-corrected chi connectivity index (χ1v) is 11.0. The summed E-state index contributed by atoms with van der Waals surface area (Å²) in [4.78, 5) is 26.9. The van der Waals surface area contributed by atoms with Crippen molar-refractivity contribution in [3.05, 3.63) is 64.5 Å². The normalized spacial score (nSPS) is 15.7. The van der Waals surface area contributed by atoms with Gasteiger partial charge in [-0.3, -0.25) is 14.5 Å². The largest absolute Gasteiger partial charge is 0.377 e. The van der Waals surface area contributed by atoms with Crippen LogP contribution in [0.15, 0.2) is 36.4 Å². The van der Waals surface area contributed by atoms with E-state index in [9.17, 15) is 14.0 Å². The van der Waals surface area contributed by atoms with Crippen LogP contribution >= 0.6 is 0 Å². The minimum Gasteiger partial charge on any atom is -0.377 e. The van der Waals surface area contributed by atoms with Gasteiger partial charge < -0.3 is 15.4 Å². The number of rotatable bonds is 9. The van der Waals surface area contributed by atoms with E-state index < -0.39 is 0 Å². The first-order chi connectivity index (χ1) is 15.3. The zero-order chi connectivity index (χ0) is 23.1. The Morgan fingerprint density at radius 1 is 1.12 bits per heavy atom. The average molecular weight is 442 g/mol. The molecule has 2 aromatic carbocycles. The van der Waals surface area contributed by atoms with E-state index in [0.29, 0.717) is 13.1 Å². The fourth-order valence-corrected chi connectivity index (χ4v) is 4.15. The maximum Gasteiger partial charge on any atom is 0.243 e. The Morgan fingerprint density at radius 2 is 1.88 bits per heavy atom. The molecule has 1 aliphatic heterocycles. The van der Waals surface area contributed by atoms with Gasteiger partial charge in [-0.25, -0.2) is 4.39 Å². The molecule has 2 N–H and O–H groups in total. The van der Waals surface area contributed by atoms with Gasteiger partial charge in [-0.15, -0.1) is 0 Å². The molecule has 7 heteroatoms. The van der Waals surface area contributed by atoms with Crippen LogP contribution in [0.1, 0.15) is 35.1 Å². The van der Waals surface area contributed by atoms with Gasteiger partial charge in [0.2, 0.25) is 11.8 Å². The van der Waals surface area contributed by atoms with Gasteiger partial charge in [0.15, 0.2) is 0 Å². The first kappa shape index (κ1) is 23.9. The molecule has 1 fully saturated rings. The Hall–Kier alpha value is -2.77. The third-order valence-corrected chi connectivity index (χ3v) is 5.54. The van der Waals surface area contributed by atoms with Crippen LogP contribution in [-0.2, 0) is 20.9 Å². The van der Waals surface area contributed by atoms with E-state index in [2.05, 4.69) is 10.6 Å². The molecule has 1 atom stereocenters. The molecular formula is C25H32FN3O3. The summed E-state index contributed by atoms with van der Waals surface area (Å²) in [7, 11) is 0. The maximum atomic E-state index is 13.6. The van der Waals surface area contributed by atoms with Crippen molar-refractivity contribution >= 4 is 17.5 Å². The van der Waals surface area contributed by atoms with Gasteiger partial charge >= 0.3 is 0 Å². The third kappa shape index (κ3) is 7.14. The van der Waals surface area contributed by atoms with Crippen molar-refractivity contribution in [3.63, 3.8) is 0 Å². The quantitative estimate of drug-likeness (QED) is 0.625. The molecule has 3 rings (SSSR count). The Bertz CT molecular complexity index is 934. The second kappa shape index (κ2) is 11.2. The maximum absolute atomic E-state index is 13.6. The molecule has 1 unspecified atom stereocenters. The fourth-order valence-electron chi connectivity index (χ4n) is 4.15. The van der Waals surface area contributed by atoms with Gasteiger partial charge in [-0.1, -0.05) is 29.8 Å². The predicted molar refractivity (Wildman–Crippen MR) is 123 cm³/mol. The lowest BCUT2D eigenvalue weighted by Crippen LogP contribution is -2.42. The smallest absolute Gasteiger partial charge is 0.243 e. The second-order valence-electron chi connectivity index (χ2n) is 8.53. The zero-order valence-electron chi connectivity index (χ0n) is 19.0. The minimum absolute atomic E-state index is 0.0622. The molecule has 0 spiro atoms. The number of hydrogen-bond acceptors (Lipinski definition) is 4. The number of amides is 2. The lowest BCUT2D eigenvalue weighted by atomic mass is 10.1. The van der Waals surface area contributed by atoms with Crippen molar-refractivity contribution in [2.45, 2.75) is 46.3 Å². The van der Waals surface area contributed by atoms with Crippen LogP contribution in [0.5, 0.6) is 0 Å². The van der Waals surface area contributed by atoms with Crippen molar-refractivity contribution in [1.29, 1.82) is 0 Å². The number of carbonyl (C=O) groups excluding carboxylic acids is 2. The molecule has 0 bridgehead atoms. The highest BCUT2D eigenvalue weighted by molar-refractivity contribution is 5.96. The first-order valence-electron chi connectivity index (χ1n) is 11.0. The van der Waals surface area contributed by atoms with Gasteiger partial charge in [0, 0.05) is 25.4 Å². The highest BCUT2D eigenvalue weighted by atomic mass is 19.1. The molecule has 32 heavy (non-hydrogen) atoms. The number of nitrogens with one attached hydrogen (secondary N) is 2. The topological polar surface area (TPSA) is 70.7 Å². The van der Waals surface area contributed by atoms with E-state index in [1.54, 1.807) is 6.07 Å². The van der Waals surface area contributed by atoms with Crippen molar-refractivity contribution < 1.29 is 18.7 Å². The number of nitrogens with zero attached hydrogens (tertiary/aromatic N) is 1. The summed E-state index contributed by atoms with van der Waals surface area (Å²) in [5, 5.41) is 5.59. The fraction of sp³-hybridized carbons (Fsp3) is 0.440. The standard InChI is InChI=1S/C25H32FN3O3/c1-17-10-18(2)25(19(3)11-17)28-23(30)13-27-24(31)16-29(15-22-8-5-9-32-22)14-20-6-4-7-21(26)12-20/h4,6-7,10-12,22H,5,8-9,13-16H2,1-3H3,(H,27,31)(H,28,30). The lowest BCUT2D eigenvalue weighted by Gasteiger charge is -2.24. The van der Waals surface area contributed by atoms with E-state index in [0.717, 1.165) is 47.4 Å². The number of aryl methyl sites for hydroxylation is 3. The number of anilines is 1. The second-order valence-corrected chi connectivity index (χ2v) is 8.53. The van der Waals surface area contributed by atoms with Gasteiger partial charge in [0.1, 0.15) is 5.82 Å². The average Bonchev–Trinajstić information content (AvgIpc) is 3.22. The highest BCUT2D eigenvalue weighted by Crippen LogP contribution is 2.21. The monoisotopic (exact) mass is 441 g/mol. The number of hydrogen-bond donors (Lipinski definition) is 2. The summed E-state index contributed by atoms with van der Waals surface area (Å²) in [5.74, 6) is -0.835. The van der Waals surface area contributed by atoms with Crippen LogP contribution < -0.4 is 10.6 Å². The van der Waals surface area contributed by atoms with E-state index in [1.165, 1.54) is 12.1 Å². The molecule has 0 aromatic heterocycles. The van der Waals surface area contributed by atoms with Gasteiger partial charge in [0.05, 0.1) is 19.2 Å². The minimum atomic E-state index is -0.303. The molecular weight excluding hydrogens is 409 g/mol. The van der Waals surface area contributed by atoms with Gasteiger partial charge in [-0.05, 0) is 62.4 Å². The predicted octanol–water partition coefficient (Wildman–Crippen LogP) is 3.49. The molecule has 1 heterocycles. The van der Waals surface area contributed by atoms with Crippen molar-refractivity contribution in [1.82, 2.24) is 10.2 Å². The van der Waals surface area contributed by atoms with E-state index in [-0.39, 0.29) is 36.8 Å². The Kier molecular flexibility index (Phi) is 8.36. The Balaban J connectivity index is 1.55. The lowest BCUT2D eigenvalue weighted by molar-refractivity contribution is -0.125. The van der Waals surface area contributed by atoms with E-state index >= 15 is 0 Å². The number of halogens is 1. The summed E-state index contributed by atoms with van der Waals surface area (Å²) in [5.41, 5.74) is 4.68. The summed E-state index contributed by atoms with van der Waals surface area (Å²) >= 11 is 0. The van der Waals surface area contributed by atoms with E-state index in [1.807, 2.05) is 43.9 Å². The zero-order valence-corrected chi connectivity index (χ0v) is 19.0. The van der Waals surface area contributed by atoms with Gasteiger partial charge in [0.25, 0.3) is 0 Å². The third-order valence-electron chi connectivity index (χ3n) is 5.54. The van der Waals surface area contributed by atoms with Gasteiger partial charge in [-0.2, -0.15) is 0 Å². The Labute approximate surface area is 189 Å². The molecule has 172 valence electrons. The van der Waals surface area contributed by atoms with Crippen molar-refractivity contribution in [3.8, 4) is 0 Å². The van der Waals surface area contributed by atoms with Crippen molar-refractivity contribution in [2.75, 3.05) is 31.6 Å². The number of ether oxygens (including phenoxy) is 1. The molecule has 0 aliphatic carbocycles. The SMILES string of the molecule is Cc1cc(C)c(NC(=O)CNC(=O)CN(Cc2cccc(F)c2)CC2CCCO2)c(C)c1. The molecule has 0 saturated carbocycles. The Morgan fingerprint density at radius 3 is 2.53 bits per heavy atom.